The molecule has 0 atom stereocenters. The molecule has 0 fully saturated rings. The van der Waals surface area contributed by atoms with Gasteiger partial charge in [0.05, 0.1) is 16.3 Å². The zero-order valence-corrected chi connectivity index (χ0v) is 14.6. The van der Waals surface area contributed by atoms with Crippen LogP contribution in [0.15, 0.2) is 51.8 Å². The van der Waals surface area contributed by atoms with Crippen LogP contribution in [-0.4, -0.2) is 14.2 Å². The van der Waals surface area contributed by atoms with Gasteiger partial charge >= 0.3 is 0 Å². The number of hydrogen-bond donors (Lipinski definition) is 1. The molecule has 0 aromatic heterocycles. The first kappa shape index (κ1) is 16.3. The van der Waals surface area contributed by atoms with Crippen LogP contribution in [0.2, 0.25) is 5.02 Å². The van der Waals surface area contributed by atoms with Crippen molar-refractivity contribution in [3.63, 3.8) is 0 Å². The average Bonchev–Trinajstić information content (AvgIpc) is 2.46. The van der Waals surface area contributed by atoms with Crippen molar-refractivity contribution in [1.82, 2.24) is 0 Å². The van der Waals surface area contributed by atoms with E-state index in [-0.39, 0.29) is 5.75 Å². The lowest BCUT2D eigenvalue weighted by atomic mass is 10.2. The molecule has 2 rings (SSSR count). The predicted octanol–water partition coefficient (Wildman–Crippen LogP) is 4.51. The minimum absolute atomic E-state index is 0.0797. The highest BCUT2D eigenvalue weighted by Crippen LogP contribution is 2.25. The Balaban J connectivity index is 2.25. The van der Waals surface area contributed by atoms with Gasteiger partial charge in [-0.15, -0.1) is 0 Å². The Morgan fingerprint density at radius 3 is 2.57 bits per heavy atom. The van der Waals surface area contributed by atoms with Crippen molar-refractivity contribution in [3.8, 4) is 0 Å². The van der Waals surface area contributed by atoms with Gasteiger partial charge in [-0.05, 0) is 29.8 Å². The quantitative estimate of drug-likeness (QED) is 0.820. The van der Waals surface area contributed by atoms with Crippen molar-refractivity contribution < 1.29 is 8.42 Å². The molecular formula is C15H15BrClNO2S. The first-order valence-electron chi connectivity index (χ1n) is 6.43. The second-order valence-corrected chi connectivity index (χ2v) is 8.03. The zero-order chi connectivity index (χ0) is 15.5. The second kappa shape index (κ2) is 6.81. The van der Waals surface area contributed by atoms with Crippen LogP contribution in [0, 0.1) is 0 Å². The molecule has 2 aromatic carbocycles. The molecule has 1 N–H and O–H groups in total. The van der Waals surface area contributed by atoms with Crippen molar-refractivity contribution in [2.45, 2.75) is 18.4 Å². The van der Waals surface area contributed by atoms with Gasteiger partial charge in [0.15, 0.2) is 9.84 Å². The maximum absolute atomic E-state index is 12.1. The van der Waals surface area contributed by atoms with Crippen molar-refractivity contribution in [2.24, 2.45) is 0 Å². The highest BCUT2D eigenvalue weighted by Gasteiger charge is 2.15. The van der Waals surface area contributed by atoms with Gasteiger partial charge in [-0.3, -0.25) is 0 Å². The van der Waals surface area contributed by atoms with Crippen LogP contribution in [0.1, 0.15) is 12.5 Å². The largest absolute Gasteiger partial charge is 0.380 e. The van der Waals surface area contributed by atoms with Crippen LogP contribution >= 0.6 is 27.5 Å². The highest BCUT2D eigenvalue weighted by atomic mass is 79.9. The summed E-state index contributed by atoms with van der Waals surface area (Å²) in [5.74, 6) is 0.0797. The molecule has 0 radical (unpaired) electrons. The third kappa shape index (κ3) is 3.99. The molecule has 0 heterocycles. The van der Waals surface area contributed by atoms with Crippen LogP contribution in [0.25, 0.3) is 0 Å². The fourth-order valence-electron chi connectivity index (χ4n) is 1.89. The molecule has 0 bridgehead atoms. The van der Waals surface area contributed by atoms with E-state index in [1.807, 2.05) is 18.2 Å². The monoisotopic (exact) mass is 387 g/mol. The van der Waals surface area contributed by atoms with E-state index in [2.05, 4.69) is 21.2 Å². The minimum Gasteiger partial charge on any atom is -0.380 e. The van der Waals surface area contributed by atoms with Crippen LogP contribution in [-0.2, 0) is 16.4 Å². The van der Waals surface area contributed by atoms with Crippen LogP contribution < -0.4 is 5.32 Å². The van der Waals surface area contributed by atoms with Gasteiger partial charge in [0.25, 0.3) is 0 Å². The Kier molecular flexibility index (Phi) is 5.30. The standard InChI is InChI=1S/C15H15BrClNO2S/c1-2-21(19,20)15-6-4-3-5-14(15)18-10-11-7-8-12(17)9-13(11)16/h3-9,18H,2,10H2,1H3. The van der Waals surface area contributed by atoms with E-state index in [1.54, 1.807) is 31.2 Å². The Morgan fingerprint density at radius 1 is 1.19 bits per heavy atom. The topological polar surface area (TPSA) is 46.2 Å². The van der Waals surface area contributed by atoms with E-state index in [4.69, 9.17) is 11.6 Å². The number of hydrogen-bond acceptors (Lipinski definition) is 3. The normalized spacial score (nSPS) is 11.4. The molecule has 0 unspecified atom stereocenters. The summed E-state index contributed by atoms with van der Waals surface area (Å²) in [5, 5.41) is 3.83. The summed E-state index contributed by atoms with van der Waals surface area (Å²) < 4.78 is 25.0. The van der Waals surface area contributed by atoms with E-state index >= 15 is 0 Å². The Bertz CT molecular complexity index is 747. The third-order valence-electron chi connectivity index (χ3n) is 3.09. The fraction of sp³-hybridized carbons (Fsp3) is 0.200. The van der Waals surface area contributed by atoms with Crippen LogP contribution in [0.5, 0.6) is 0 Å². The SMILES string of the molecule is CCS(=O)(=O)c1ccccc1NCc1ccc(Cl)cc1Br. The fourth-order valence-corrected chi connectivity index (χ4v) is 3.79. The molecule has 6 heteroatoms. The number of para-hydroxylation sites is 1. The van der Waals surface area contributed by atoms with Crippen LogP contribution in [0.3, 0.4) is 0 Å². The highest BCUT2D eigenvalue weighted by molar-refractivity contribution is 9.10. The molecule has 21 heavy (non-hydrogen) atoms. The molecule has 0 saturated heterocycles. The number of rotatable bonds is 5. The number of anilines is 1. The number of benzene rings is 2. The lowest BCUT2D eigenvalue weighted by Gasteiger charge is -2.12. The van der Waals surface area contributed by atoms with Crippen molar-refractivity contribution in [1.29, 1.82) is 0 Å². The first-order chi connectivity index (χ1) is 9.94. The smallest absolute Gasteiger partial charge is 0.180 e. The summed E-state index contributed by atoms with van der Waals surface area (Å²) in [7, 11) is -3.25. The Morgan fingerprint density at radius 2 is 1.90 bits per heavy atom. The molecule has 2 aromatic rings. The van der Waals surface area contributed by atoms with E-state index in [1.165, 1.54) is 0 Å². The number of nitrogens with one attached hydrogen (secondary N) is 1. The van der Waals surface area contributed by atoms with Gasteiger partial charge in [0.2, 0.25) is 0 Å². The summed E-state index contributed by atoms with van der Waals surface area (Å²) in [6.45, 7) is 2.15. The Labute approximate surface area is 138 Å². The second-order valence-electron chi connectivity index (χ2n) is 4.49. The summed E-state index contributed by atoms with van der Waals surface area (Å²) in [4.78, 5) is 0.331. The van der Waals surface area contributed by atoms with Crippen molar-refractivity contribution >= 4 is 43.1 Å². The predicted molar refractivity (Wildman–Crippen MR) is 90.6 cm³/mol. The van der Waals surface area contributed by atoms with E-state index in [0.717, 1.165) is 10.0 Å². The van der Waals surface area contributed by atoms with Crippen molar-refractivity contribution in [2.75, 3.05) is 11.1 Å². The third-order valence-corrected chi connectivity index (χ3v) is 5.85. The lowest BCUT2D eigenvalue weighted by Crippen LogP contribution is -2.09. The summed E-state index contributed by atoms with van der Waals surface area (Å²) >= 11 is 9.36. The average molecular weight is 389 g/mol. The van der Waals surface area contributed by atoms with Gasteiger partial charge in [-0.1, -0.05) is 52.7 Å². The Hall–Kier alpha value is -1.04. The first-order valence-corrected chi connectivity index (χ1v) is 9.26. The lowest BCUT2D eigenvalue weighted by molar-refractivity contribution is 0.597. The molecule has 0 saturated carbocycles. The maximum atomic E-state index is 12.1. The number of sulfone groups is 1. The summed E-state index contributed by atoms with van der Waals surface area (Å²) in [6, 6.07) is 12.5. The van der Waals surface area contributed by atoms with E-state index in [0.29, 0.717) is 22.2 Å². The maximum Gasteiger partial charge on any atom is 0.180 e. The van der Waals surface area contributed by atoms with Gasteiger partial charge in [-0.2, -0.15) is 0 Å². The van der Waals surface area contributed by atoms with E-state index in [9.17, 15) is 8.42 Å². The number of halogens is 2. The molecule has 3 nitrogen and oxygen atoms in total. The molecule has 0 aliphatic carbocycles. The van der Waals surface area contributed by atoms with Gasteiger partial charge in [-0.25, -0.2) is 8.42 Å². The molecule has 0 amide bonds. The summed E-state index contributed by atoms with van der Waals surface area (Å²) in [5.41, 5.74) is 1.62. The molecule has 0 spiro atoms. The minimum atomic E-state index is -3.25. The van der Waals surface area contributed by atoms with Gasteiger partial charge in [0, 0.05) is 16.0 Å². The molecule has 0 aliphatic rings. The van der Waals surface area contributed by atoms with Gasteiger partial charge in [0.1, 0.15) is 0 Å². The molecular weight excluding hydrogens is 374 g/mol. The zero-order valence-electron chi connectivity index (χ0n) is 11.4. The molecule has 0 aliphatic heterocycles. The van der Waals surface area contributed by atoms with Crippen molar-refractivity contribution in [3.05, 3.63) is 57.5 Å². The van der Waals surface area contributed by atoms with Crippen LogP contribution in [0.4, 0.5) is 5.69 Å². The summed E-state index contributed by atoms with van der Waals surface area (Å²) in [6.07, 6.45) is 0. The molecule has 112 valence electrons. The van der Waals surface area contributed by atoms with E-state index < -0.39 is 9.84 Å². The van der Waals surface area contributed by atoms with Gasteiger partial charge < -0.3 is 5.32 Å².